The number of nitrogens with zero attached hydrogens (tertiary/aromatic N) is 1. The third-order valence-corrected chi connectivity index (χ3v) is 6.51. The lowest BCUT2D eigenvalue weighted by Gasteiger charge is -2.41. The van der Waals surface area contributed by atoms with Gasteiger partial charge in [0.2, 0.25) is 11.8 Å². The summed E-state index contributed by atoms with van der Waals surface area (Å²) in [6.07, 6.45) is 0.852. The van der Waals surface area contributed by atoms with Crippen molar-refractivity contribution in [1.82, 2.24) is 10.2 Å². The number of likely N-dealkylation sites (tertiary alicyclic amines) is 1. The Morgan fingerprint density at radius 1 is 1.03 bits per heavy atom. The van der Waals surface area contributed by atoms with Crippen molar-refractivity contribution in [1.29, 1.82) is 0 Å². The van der Waals surface area contributed by atoms with Gasteiger partial charge in [0.1, 0.15) is 6.04 Å². The van der Waals surface area contributed by atoms with Gasteiger partial charge < -0.3 is 25.4 Å². The normalized spacial score (nSPS) is 15.7. The predicted molar refractivity (Wildman–Crippen MR) is 144 cm³/mol. The first kappa shape index (κ1) is 30.3. The zero-order valence-electron chi connectivity index (χ0n) is 21.8. The Bertz CT molecular complexity index is 1020. The Morgan fingerprint density at radius 2 is 1.59 bits per heavy atom. The molecular weight excluding hydrogens is 494 g/mol. The summed E-state index contributed by atoms with van der Waals surface area (Å²) in [5.74, 6) is -0.971. The van der Waals surface area contributed by atoms with Crippen LogP contribution in [-0.2, 0) is 35.9 Å². The molecule has 0 spiro atoms. The van der Waals surface area contributed by atoms with Gasteiger partial charge in [0, 0.05) is 13.1 Å². The van der Waals surface area contributed by atoms with Gasteiger partial charge in [-0.05, 0) is 44.7 Å². The van der Waals surface area contributed by atoms with E-state index in [9.17, 15) is 14.4 Å². The third kappa shape index (κ3) is 7.77. The van der Waals surface area contributed by atoms with E-state index in [1.165, 1.54) is 0 Å². The Labute approximate surface area is 225 Å². The van der Waals surface area contributed by atoms with Gasteiger partial charge in [-0.25, -0.2) is 0 Å². The summed E-state index contributed by atoms with van der Waals surface area (Å²) in [5, 5.41) is 2.76. The number of nitrogens with one attached hydrogen (secondary N) is 1. The predicted octanol–water partition coefficient (Wildman–Crippen LogP) is 2.97. The molecular formula is C28H38ClN3O5. The van der Waals surface area contributed by atoms with Crippen molar-refractivity contribution in [2.24, 2.45) is 5.73 Å². The maximum Gasteiger partial charge on any atom is 0.316 e. The number of rotatable bonds is 10. The molecule has 0 aromatic heterocycles. The smallest absolute Gasteiger partial charge is 0.316 e. The summed E-state index contributed by atoms with van der Waals surface area (Å²) >= 11 is 0. The molecule has 1 aliphatic rings. The maximum atomic E-state index is 13.5. The van der Waals surface area contributed by atoms with Crippen LogP contribution in [0.4, 0.5) is 0 Å². The number of hydrogen-bond donors (Lipinski definition) is 2. The number of carbonyl (C=O) groups is 3. The van der Waals surface area contributed by atoms with Crippen LogP contribution in [0.5, 0.6) is 0 Å². The molecule has 37 heavy (non-hydrogen) atoms. The summed E-state index contributed by atoms with van der Waals surface area (Å²) in [7, 11) is 0. The molecule has 1 fully saturated rings. The quantitative estimate of drug-likeness (QED) is 0.456. The van der Waals surface area contributed by atoms with E-state index in [1.807, 2.05) is 60.7 Å². The third-order valence-electron chi connectivity index (χ3n) is 6.51. The largest absolute Gasteiger partial charge is 0.465 e. The van der Waals surface area contributed by atoms with Crippen LogP contribution in [0.2, 0.25) is 0 Å². The summed E-state index contributed by atoms with van der Waals surface area (Å²) in [6.45, 7) is 6.27. The van der Waals surface area contributed by atoms with Crippen molar-refractivity contribution in [2.45, 2.75) is 57.2 Å². The first-order valence-corrected chi connectivity index (χ1v) is 12.4. The fraction of sp³-hybridized carbons (Fsp3) is 0.464. The number of amides is 2. The van der Waals surface area contributed by atoms with Crippen molar-refractivity contribution in [3.05, 3.63) is 71.8 Å². The lowest BCUT2D eigenvalue weighted by molar-refractivity contribution is -0.154. The molecule has 8 nitrogen and oxygen atoms in total. The van der Waals surface area contributed by atoms with Crippen molar-refractivity contribution >= 4 is 30.2 Å². The molecule has 2 amide bonds. The summed E-state index contributed by atoms with van der Waals surface area (Å²) in [6, 6.07) is 18.3. The summed E-state index contributed by atoms with van der Waals surface area (Å²) < 4.78 is 11.2. The van der Waals surface area contributed by atoms with Gasteiger partial charge in [-0.3, -0.25) is 14.4 Å². The molecule has 2 aromatic carbocycles. The van der Waals surface area contributed by atoms with Crippen LogP contribution in [0.15, 0.2) is 60.7 Å². The molecule has 1 unspecified atom stereocenters. The highest BCUT2D eigenvalue weighted by atomic mass is 35.5. The molecule has 0 radical (unpaired) electrons. The molecule has 2 aromatic rings. The number of carbonyl (C=O) groups excluding carboxylic acids is 3. The highest BCUT2D eigenvalue weighted by Crippen LogP contribution is 2.37. The maximum absolute atomic E-state index is 13.5. The number of piperidine rings is 1. The lowest BCUT2D eigenvalue weighted by Crippen LogP contribution is -2.59. The molecule has 9 heteroatoms. The van der Waals surface area contributed by atoms with E-state index in [0.717, 1.165) is 11.1 Å². The first-order valence-electron chi connectivity index (χ1n) is 12.4. The fourth-order valence-electron chi connectivity index (χ4n) is 4.35. The van der Waals surface area contributed by atoms with E-state index in [0.29, 0.717) is 32.5 Å². The number of esters is 1. The number of hydrogen-bond acceptors (Lipinski definition) is 6. The van der Waals surface area contributed by atoms with Gasteiger partial charge in [-0.2, -0.15) is 0 Å². The van der Waals surface area contributed by atoms with Crippen LogP contribution >= 0.6 is 12.4 Å². The highest BCUT2D eigenvalue weighted by Gasteiger charge is 2.45. The number of halogens is 1. The fourth-order valence-corrected chi connectivity index (χ4v) is 4.35. The van der Waals surface area contributed by atoms with E-state index in [-0.39, 0.29) is 37.5 Å². The zero-order chi connectivity index (χ0) is 26.2. The van der Waals surface area contributed by atoms with E-state index in [2.05, 4.69) is 5.32 Å². The molecule has 0 aliphatic carbocycles. The summed E-state index contributed by atoms with van der Waals surface area (Å²) in [4.78, 5) is 40.9. The van der Waals surface area contributed by atoms with E-state index in [1.54, 1.807) is 25.7 Å². The minimum Gasteiger partial charge on any atom is -0.465 e. The van der Waals surface area contributed by atoms with Crippen molar-refractivity contribution in [3.63, 3.8) is 0 Å². The second-order valence-corrected chi connectivity index (χ2v) is 9.74. The van der Waals surface area contributed by atoms with Gasteiger partial charge in [0.15, 0.2) is 0 Å². The average Bonchev–Trinajstić information content (AvgIpc) is 2.88. The molecule has 1 saturated heterocycles. The Hall–Kier alpha value is -2.94. The van der Waals surface area contributed by atoms with Gasteiger partial charge in [0.05, 0.1) is 30.8 Å². The van der Waals surface area contributed by atoms with Crippen LogP contribution in [-0.4, -0.2) is 60.6 Å². The molecule has 0 saturated carbocycles. The van der Waals surface area contributed by atoms with Crippen molar-refractivity contribution in [2.75, 3.05) is 26.3 Å². The molecule has 3 rings (SSSR count). The monoisotopic (exact) mass is 531 g/mol. The Balaban J connectivity index is 0.00000481. The van der Waals surface area contributed by atoms with Gasteiger partial charge >= 0.3 is 5.97 Å². The van der Waals surface area contributed by atoms with Crippen LogP contribution in [0.25, 0.3) is 0 Å². The highest BCUT2D eigenvalue weighted by molar-refractivity contribution is 5.92. The van der Waals surface area contributed by atoms with Crippen molar-refractivity contribution in [3.8, 4) is 0 Å². The average molecular weight is 532 g/mol. The van der Waals surface area contributed by atoms with Gasteiger partial charge in [-0.15, -0.1) is 12.4 Å². The van der Waals surface area contributed by atoms with Crippen LogP contribution in [0.1, 0.15) is 44.7 Å². The first-order chi connectivity index (χ1) is 17.2. The minimum absolute atomic E-state index is 0. The Kier molecular flexibility index (Phi) is 11.1. The molecule has 1 heterocycles. The summed E-state index contributed by atoms with van der Waals surface area (Å²) in [5.41, 5.74) is 5.85. The number of nitrogens with two attached hydrogens (primary N) is 1. The molecule has 0 bridgehead atoms. The topological polar surface area (TPSA) is 111 Å². The standard InChI is InChI=1S/C28H37N3O5.ClH/c1-4-36-26(34)28(22-13-9-6-10-14-22)15-17-31(18-16-28)24(32)23(30-25(33)27(2,3)29)20-35-19-21-11-7-5-8-12-21;/h5-14,23H,4,15-20,29H2,1-3H3,(H,30,33);1H. The van der Waals surface area contributed by atoms with Crippen LogP contribution < -0.4 is 11.1 Å². The zero-order valence-corrected chi connectivity index (χ0v) is 22.6. The van der Waals surface area contributed by atoms with Gasteiger partial charge in [-0.1, -0.05) is 60.7 Å². The van der Waals surface area contributed by atoms with Crippen LogP contribution in [0.3, 0.4) is 0 Å². The van der Waals surface area contributed by atoms with Gasteiger partial charge in [0.25, 0.3) is 0 Å². The van der Waals surface area contributed by atoms with Crippen LogP contribution in [0, 0.1) is 0 Å². The second-order valence-electron chi connectivity index (χ2n) is 9.74. The molecule has 1 aliphatic heterocycles. The van der Waals surface area contributed by atoms with E-state index < -0.39 is 22.9 Å². The molecule has 3 N–H and O–H groups in total. The Morgan fingerprint density at radius 3 is 2.14 bits per heavy atom. The molecule has 202 valence electrons. The molecule has 1 atom stereocenters. The minimum atomic E-state index is -1.15. The van der Waals surface area contributed by atoms with E-state index in [4.69, 9.17) is 15.2 Å². The number of ether oxygens (including phenoxy) is 2. The SMILES string of the molecule is CCOC(=O)C1(c2ccccc2)CCN(C(=O)C(COCc2ccccc2)NC(=O)C(C)(C)N)CC1.Cl. The second kappa shape index (κ2) is 13.6. The van der Waals surface area contributed by atoms with Crippen molar-refractivity contribution < 1.29 is 23.9 Å². The lowest BCUT2D eigenvalue weighted by atomic mass is 9.72. The number of benzene rings is 2. The van der Waals surface area contributed by atoms with E-state index >= 15 is 0 Å².